The van der Waals surface area contributed by atoms with Crippen molar-refractivity contribution in [2.75, 3.05) is 13.6 Å². The molecule has 3 nitrogen and oxygen atoms in total. The molecule has 1 aliphatic heterocycles. The molecule has 7 heavy (non-hydrogen) atoms. The molecule has 2 N–H and O–H groups in total. The molecular weight excluding hydrogens is 110 g/mol. The fourth-order valence-corrected chi connectivity index (χ4v) is 1.00. The van der Waals surface area contributed by atoms with Crippen LogP contribution >= 0.6 is 11.9 Å². The van der Waals surface area contributed by atoms with Gasteiger partial charge in [0, 0.05) is 7.05 Å². The van der Waals surface area contributed by atoms with Crippen LogP contribution in [-0.2, 0) is 0 Å². The number of hydrazine groups is 1. The maximum absolute atomic E-state index is 7.04. The Kier molecular flexibility index (Phi) is 1.32. The summed E-state index contributed by atoms with van der Waals surface area (Å²) < 4.78 is 1.82. The molecule has 0 amide bonds. The van der Waals surface area contributed by atoms with Crippen LogP contribution in [0.1, 0.15) is 0 Å². The number of nitrogens with zero attached hydrogens (tertiary/aromatic N) is 1. The lowest BCUT2D eigenvalue weighted by Crippen LogP contribution is -2.21. The van der Waals surface area contributed by atoms with E-state index in [-0.39, 0.29) is 0 Å². The second kappa shape index (κ2) is 1.81. The molecule has 0 atom stereocenters. The van der Waals surface area contributed by atoms with Gasteiger partial charge in [0.05, 0.1) is 11.6 Å². The fraction of sp³-hybridized carbons (Fsp3) is 0.667. The topological polar surface area (TPSA) is 39.1 Å². The van der Waals surface area contributed by atoms with Crippen LogP contribution < -0.4 is 5.43 Å². The second-order valence-electron chi connectivity index (χ2n) is 1.35. The number of hydrogen-bond acceptors (Lipinski definition) is 4. The molecule has 0 saturated carbocycles. The first-order valence-corrected chi connectivity index (χ1v) is 2.79. The minimum absolute atomic E-state index is 0.683. The Labute approximate surface area is 46.7 Å². The van der Waals surface area contributed by atoms with E-state index in [0.717, 1.165) is 0 Å². The summed E-state index contributed by atoms with van der Waals surface area (Å²) in [7, 11) is 1.90. The van der Waals surface area contributed by atoms with E-state index in [0.29, 0.717) is 11.6 Å². The first kappa shape index (κ1) is 5.08. The number of rotatable bonds is 0. The van der Waals surface area contributed by atoms with Crippen molar-refractivity contribution in [1.82, 2.24) is 9.84 Å². The standard InChI is InChI=1S/C3H7N3S/c1-6-5-2-3(4)7-6/h4-5H,2H2,1H3. The van der Waals surface area contributed by atoms with Crippen LogP contribution in [0.3, 0.4) is 0 Å². The average Bonchev–Trinajstić information content (AvgIpc) is 1.87. The van der Waals surface area contributed by atoms with E-state index in [2.05, 4.69) is 5.43 Å². The van der Waals surface area contributed by atoms with Gasteiger partial charge in [-0.15, -0.1) is 0 Å². The zero-order valence-corrected chi connectivity index (χ0v) is 4.88. The van der Waals surface area contributed by atoms with Crippen molar-refractivity contribution in [3.8, 4) is 0 Å². The largest absolute Gasteiger partial charge is 0.296 e. The van der Waals surface area contributed by atoms with Crippen molar-refractivity contribution in [3.05, 3.63) is 0 Å². The van der Waals surface area contributed by atoms with Gasteiger partial charge in [-0.25, -0.2) is 5.43 Å². The second-order valence-corrected chi connectivity index (χ2v) is 2.57. The summed E-state index contributed by atoms with van der Waals surface area (Å²) in [5, 5.41) is 7.72. The normalized spacial score (nSPS) is 23.9. The van der Waals surface area contributed by atoms with Crippen LogP contribution in [0.5, 0.6) is 0 Å². The van der Waals surface area contributed by atoms with E-state index in [4.69, 9.17) is 5.41 Å². The summed E-state index contributed by atoms with van der Waals surface area (Å²) in [6.45, 7) is 0.696. The summed E-state index contributed by atoms with van der Waals surface area (Å²) >= 11 is 1.43. The predicted octanol–water partition coefficient (Wildman–Crippen LogP) is 0.0619. The molecule has 1 saturated heterocycles. The molecule has 0 aromatic carbocycles. The molecule has 0 aromatic heterocycles. The Balaban J connectivity index is 2.40. The Morgan fingerprint density at radius 2 is 2.71 bits per heavy atom. The van der Waals surface area contributed by atoms with Gasteiger partial charge in [0.2, 0.25) is 0 Å². The maximum Gasteiger partial charge on any atom is 0.0959 e. The van der Waals surface area contributed by atoms with Crippen molar-refractivity contribution in [2.24, 2.45) is 0 Å². The van der Waals surface area contributed by atoms with Crippen LogP contribution in [0.15, 0.2) is 0 Å². The summed E-state index contributed by atoms with van der Waals surface area (Å²) in [6, 6.07) is 0. The first-order chi connectivity index (χ1) is 3.29. The molecule has 4 heteroatoms. The van der Waals surface area contributed by atoms with Gasteiger partial charge < -0.3 is 0 Å². The van der Waals surface area contributed by atoms with Crippen LogP contribution in [-0.4, -0.2) is 23.1 Å². The van der Waals surface area contributed by atoms with E-state index < -0.39 is 0 Å². The van der Waals surface area contributed by atoms with Gasteiger partial charge in [0.1, 0.15) is 0 Å². The van der Waals surface area contributed by atoms with E-state index in [1.165, 1.54) is 11.9 Å². The Bertz CT molecular complexity index is 92.2. The van der Waals surface area contributed by atoms with E-state index >= 15 is 0 Å². The zero-order valence-electron chi connectivity index (χ0n) is 4.06. The van der Waals surface area contributed by atoms with Gasteiger partial charge in [0.15, 0.2) is 0 Å². The van der Waals surface area contributed by atoms with Crippen molar-refractivity contribution < 1.29 is 0 Å². The van der Waals surface area contributed by atoms with Crippen molar-refractivity contribution in [3.63, 3.8) is 0 Å². The van der Waals surface area contributed by atoms with Crippen molar-refractivity contribution >= 4 is 17.0 Å². The summed E-state index contributed by atoms with van der Waals surface area (Å²) in [5.41, 5.74) is 2.94. The molecule has 1 rings (SSSR count). The summed E-state index contributed by atoms with van der Waals surface area (Å²) in [4.78, 5) is 0. The van der Waals surface area contributed by atoms with Crippen LogP contribution in [0.25, 0.3) is 0 Å². The maximum atomic E-state index is 7.04. The van der Waals surface area contributed by atoms with Gasteiger partial charge in [-0.3, -0.25) is 5.41 Å². The third-order valence-corrected chi connectivity index (χ3v) is 1.48. The average molecular weight is 117 g/mol. The fourth-order valence-electron chi connectivity index (χ4n) is 0.413. The highest BCUT2D eigenvalue weighted by atomic mass is 32.2. The molecule has 40 valence electrons. The highest BCUT2D eigenvalue weighted by molar-refractivity contribution is 8.12. The Morgan fingerprint density at radius 1 is 2.00 bits per heavy atom. The van der Waals surface area contributed by atoms with E-state index in [1.807, 2.05) is 11.5 Å². The monoisotopic (exact) mass is 117 g/mol. The molecule has 0 aromatic rings. The highest BCUT2D eigenvalue weighted by Gasteiger charge is 2.10. The molecule has 0 unspecified atom stereocenters. The molecule has 1 heterocycles. The predicted molar refractivity (Wildman–Crippen MR) is 31.1 cm³/mol. The van der Waals surface area contributed by atoms with Crippen LogP contribution in [0.2, 0.25) is 0 Å². The van der Waals surface area contributed by atoms with Crippen LogP contribution in [0.4, 0.5) is 0 Å². The lowest BCUT2D eigenvalue weighted by atomic mass is 10.7. The molecular formula is C3H7N3S. The first-order valence-electron chi connectivity index (χ1n) is 2.01. The lowest BCUT2D eigenvalue weighted by molar-refractivity contribution is 0.465. The SMILES string of the molecule is CN1NCC(=N)S1. The van der Waals surface area contributed by atoms with E-state index in [1.54, 1.807) is 0 Å². The minimum Gasteiger partial charge on any atom is -0.296 e. The number of hydrogen-bond donors (Lipinski definition) is 2. The van der Waals surface area contributed by atoms with Gasteiger partial charge >= 0.3 is 0 Å². The minimum atomic E-state index is 0.683. The number of nitrogens with one attached hydrogen (secondary N) is 2. The van der Waals surface area contributed by atoms with Gasteiger partial charge in [-0.05, 0) is 11.9 Å². The highest BCUT2D eigenvalue weighted by Crippen LogP contribution is 2.09. The van der Waals surface area contributed by atoms with Crippen LogP contribution in [0, 0.1) is 5.41 Å². The molecule has 1 aliphatic rings. The molecule has 0 bridgehead atoms. The van der Waals surface area contributed by atoms with E-state index in [9.17, 15) is 0 Å². The quantitative estimate of drug-likeness (QED) is 0.441. The smallest absolute Gasteiger partial charge is 0.0959 e. The third kappa shape index (κ3) is 1.15. The van der Waals surface area contributed by atoms with Crippen molar-refractivity contribution in [2.45, 2.75) is 0 Å². The summed E-state index contributed by atoms with van der Waals surface area (Å²) in [6.07, 6.45) is 0. The Morgan fingerprint density at radius 3 is 2.86 bits per heavy atom. The van der Waals surface area contributed by atoms with Crippen molar-refractivity contribution in [1.29, 1.82) is 5.41 Å². The lowest BCUT2D eigenvalue weighted by Gasteiger charge is -2.00. The Hall–Kier alpha value is -0.0600. The summed E-state index contributed by atoms with van der Waals surface area (Å²) in [5.74, 6) is 0. The van der Waals surface area contributed by atoms with Gasteiger partial charge in [-0.2, -0.15) is 4.41 Å². The molecule has 0 radical (unpaired) electrons. The molecule has 1 fully saturated rings. The third-order valence-electron chi connectivity index (χ3n) is 0.709. The molecule has 0 spiro atoms. The zero-order chi connectivity index (χ0) is 5.28. The van der Waals surface area contributed by atoms with Gasteiger partial charge in [0.25, 0.3) is 0 Å². The van der Waals surface area contributed by atoms with Gasteiger partial charge in [-0.1, -0.05) is 0 Å². The molecule has 0 aliphatic carbocycles.